The number of carboxylic acid groups (broad SMARTS) is 1. The molecule has 0 radical (unpaired) electrons. The summed E-state index contributed by atoms with van der Waals surface area (Å²) in [6, 6.07) is 6.79. The summed E-state index contributed by atoms with van der Waals surface area (Å²) >= 11 is 1.55. The molecule has 0 bridgehead atoms. The van der Waals surface area contributed by atoms with Gasteiger partial charge in [-0.05, 0) is 30.3 Å². The van der Waals surface area contributed by atoms with Gasteiger partial charge in [0.25, 0.3) is 0 Å². The van der Waals surface area contributed by atoms with Gasteiger partial charge in [0.05, 0.1) is 17.9 Å². The first-order valence-electron chi connectivity index (χ1n) is 7.52. The molecule has 1 heterocycles. The zero-order valence-corrected chi connectivity index (χ0v) is 16.0. The minimum atomic E-state index is -1.78. The summed E-state index contributed by atoms with van der Waals surface area (Å²) in [6.45, 7) is 11.6. The molecule has 1 aromatic carbocycles. The predicted molar refractivity (Wildman–Crippen MR) is 96.5 cm³/mol. The molecule has 0 spiro atoms. The fraction of sp³-hybridized carbons (Fsp3) is 0.412. The maximum atomic E-state index is 10.9. The molecule has 1 N–H and O–H groups in total. The van der Waals surface area contributed by atoms with Crippen LogP contribution in [0.15, 0.2) is 29.6 Å². The third-order valence-corrected chi connectivity index (χ3v) is 9.74. The average molecular weight is 350 g/mol. The highest BCUT2D eigenvalue weighted by molar-refractivity contribution is 7.13. The van der Waals surface area contributed by atoms with E-state index >= 15 is 0 Å². The van der Waals surface area contributed by atoms with Gasteiger partial charge in [0, 0.05) is 10.9 Å². The summed E-state index contributed by atoms with van der Waals surface area (Å²) in [7, 11) is -1.78. The molecule has 1 aromatic heterocycles. The van der Waals surface area contributed by atoms with Crippen LogP contribution < -0.4 is 0 Å². The van der Waals surface area contributed by atoms with Gasteiger partial charge < -0.3 is 9.53 Å². The first-order valence-corrected chi connectivity index (χ1v) is 11.3. The second-order valence-electron chi connectivity index (χ2n) is 7.08. The van der Waals surface area contributed by atoms with E-state index in [-0.39, 0.29) is 10.6 Å². The van der Waals surface area contributed by atoms with Crippen molar-refractivity contribution < 1.29 is 14.3 Å². The molecule has 0 saturated carbocycles. The summed E-state index contributed by atoms with van der Waals surface area (Å²) in [4.78, 5) is 15.5. The molecule has 0 amide bonds. The number of aromatic nitrogens is 1. The average Bonchev–Trinajstić information content (AvgIpc) is 2.93. The minimum absolute atomic E-state index is 0.179. The maximum Gasteiger partial charge on any atom is 0.335 e. The Hall–Kier alpha value is -1.50. The standard InChI is InChI=1S/C17H23NO3SSi/c1-17(2,3)23(4,5)21-10-14-11-22-15(18-14)12-6-8-13(9-7-12)16(19)20/h6-9,11H,10H2,1-5H3,(H,19,20). The molecular weight excluding hydrogens is 326 g/mol. The molecule has 4 nitrogen and oxygen atoms in total. The van der Waals surface area contributed by atoms with Crippen LogP contribution in [0.4, 0.5) is 0 Å². The summed E-state index contributed by atoms with van der Waals surface area (Å²) in [6.07, 6.45) is 0. The second-order valence-corrected chi connectivity index (χ2v) is 12.7. The van der Waals surface area contributed by atoms with E-state index < -0.39 is 14.3 Å². The Morgan fingerprint density at radius 2 is 1.87 bits per heavy atom. The van der Waals surface area contributed by atoms with Crippen molar-refractivity contribution in [2.75, 3.05) is 0 Å². The first-order chi connectivity index (χ1) is 10.6. The van der Waals surface area contributed by atoms with Crippen LogP contribution in [0.25, 0.3) is 10.6 Å². The van der Waals surface area contributed by atoms with Crippen LogP contribution in [-0.2, 0) is 11.0 Å². The molecule has 0 aliphatic rings. The molecule has 6 heteroatoms. The van der Waals surface area contributed by atoms with Gasteiger partial charge in [-0.1, -0.05) is 32.9 Å². The van der Waals surface area contributed by atoms with Gasteiger partial charge in [-0.25, -0.2) is 9.78 Å². The summed E-state index contributed by atoms with van der Waals surface area (Å²) < 4.78 is 6.19. The number of nitrogens with zero attached hydrogens (tertiary/aromatic N) is 1. The van der Waals surface area contributed by atoms with Crippen molar-refractivity contribution in [2.24, 2.45) is 0 Å². The maximum absolute atomic E-state index is 10.9. The van der Waals surface area contributed by atoms with Crippen molar-refractivity contribution in [3.63, 3.8) is 0 Å². The fourth-order valence-corrected chi connectivity index (χ4v) is 3.48. The van der Waals surface area contributed by atoms with Crippen molar-refractivity contribution in [3.8, 4) is 10.6 Å². The third kappa shape index (κ3) is 4.28. The largest absolute Gasteiger partial charge is 0.478 e. The van der Waals surface area contributed by atoms with E-state index in [0.29, 0.717) is 6.61 Å². The number of carbonyl (C=O) groups is 1. The molecule has 0 saturated heterocycles. The van der Waals surface area contributed by atoms with Gasteiger partial charge >= 0.3 is 5.97 Å². The number of hydrogen-bond acceptors (Lipinski definition) is 4. The van der Waals surface area contributed by atoms with Gasteiger partial charge in [0.15, 0.2) is 8.32 Å². The molecule has 23 heavy (non-hydrogen) atoms. The lowest BCUT2D eigenvalue weighted by Crippen LogP contribution is -2.40. The van der Waals surface area contributed by atoms with Gasteiger partial charge in [0.2, 0.25) is 0 Å². The van der Waals surface area contributed by atoms with Crippen molar-refractivity contribution in [3.05, 3.63) is 40.9 Å². The molecule has 2 rings (SSSR count). The lowest BCUT2D eigenvalue weighted by atomic mass is 10.1. The number of rotatable bonds is 5. The molecule has 0 aliphatic heterocycles. The lowest BCUT2D eigenvalue weighted by Gasteiger charge is -2.35. The number of benzene rings is 1. The summed E-state index contributed by atoms with van der Waals surface area (Å²) in [5.74, 6) is -0.917. The molecule has 0 unspecified atom stereocenters. The summed E-state index contributed by atoms with van der Waals surface area (Å²) in [5, 5.41) is 12.0. The van der Waals surface area contributed by atoms with Crippen molar-refractivity contribution >= 4 is 25.6 Å². The number of hydrogen-bond donors (Lipinski definition) is 1. The second kappa shape index (κ2) is 6.55. The van der Waals surface area contributed by atoms with Crippen molar-refractivity contribution in [1.82, 2.24) is 4.98 Å². The molecule has 124 valence electrons. The zero-order valence-electron chi connectivity index (χ0n) is 14.2. The minimum Gasteiger partial charge on any atom is -0.478 e. The third-order valence-electron chi connectivity index (χ3n) is 4.32. The van der Waals surface area contributed by atoms with E-state index in [1.54, 1.807) is 35.6 Å². The van der Waals surface area contributed by atoms with Gasteiger partial charge in [0.1, 0.15) is 5.01 Å². The van der Waals surface area contributed by atoms with Gasteiger partial charge in [-0.3, -0.25) is 0 Å². The normalized spacial score (nSPS) is 12.4. The van der Waals surface area contributed by atoms with Crippen LogP contribution in [0.5, 0.6) is 0 Å². The molecule has 0 aliphatic carbocycles. The highest BCUT2D eigenvalue weighted by Crippen LogP contribution is 2.37. The molecule has 0 atom stereocenters. The van der Waals surface area contributed by atoms with E-state index in [4.69, 9.17) is 9.53 Å². The monoisotopic (exact) mass is 349 g/mol. The SMILES string of the molecule is CC(C)(C)[Si](C)(C)OCc1csc(-c2ccc(C(=O)O)cc2)n1. The first kappa shape index (κ1) is 17.8. The Morgan fingerprint density at radius 1 is 1.26 bits per heavy atom. The Kier molecular flexibility index (Phi) is 5.08. The van der Waals surface area contributed by atoms with Crippen LogP contribution in [0.3, 0.4) is 0 Å². The summed E-state index contributed by atoms with van der Waals surface area (Å²) in [5.41, 5.74) is 2.14. The van der Waals surface area contributed by atoms with Crippen LogP contribution >= 0.6 is 11.3 Å². The number of carboxylic acids is 1. The van der Waals surface area contributed by atoms with E-state index in [0.717, 1.165) is 16.3 Å². The van der Waals surface area contributed by atoms with Crippen LogP contribution in [-0.4, -0.2) is 24.4 Å². The Balaban J connectivity index is 2.07. The van der Waals surface area contributed by atoms with Crippen LogP contribution in [0.1, 0.15) is 36.8 Å². The smallest absolute Gasteiger partial charge is 0.335 e. The highest BCUT2D eigenvalue weighted by atomic mass is 32.1. The van der Waals surface area contributed by atoms with E-state index in [2.05, 4.69) is 38.8 Å². The Morgan fingerprint density at radius 3 is 2.39 bits per heavy atom. The molecular formula is C17H23NO3SSi. The quantitative estimate of drug-likeness (QED) is 0.769. The predicted octanol–water partition coefficient (Wildman–Crippen LogP) is 5.03. The van der Waals surface area contributed by atoms with Gasteiger partial charge in [-0.2, -0.15) is 0 Å². The Labute approximate surface area is 142 Å². The zero-order chi connectivity index (χ0) is 17.3. The van der Waals surface area contributed by atoms with Crippen LogP contribution in [0.2, 0.25) is 18.1 Å². The topological polar surface area (TPSA) is 59.4 Å². The fourth-order valence-electron chi connectivity index (χ4n) is 1.73. The van der Waals surface area contributed by atoms with Crippen LogP contribution in [0, 0.1) is 0 Å². The number of aromatic carboxylic acids is 1. The lowest BCUT2D eigenvalue weighted by molar-refractivity contribution is 0.0697. The van der Waals surface area contributed by atoms with E-state index in [1.165, 1.54) is 0 Å². The van der Waals surface area contributed by atoms with E-state index in [1.807, 2.05) is 5.38 Å². The number of thiazole rings is 1. The molecule has 0 fully saturated rings. The molecule has 2 aromatic rings. The highest BCUT2D eigenvalue weighted by Gasteiger charge is 2.37. The van der Waals surface area contributed by atoms with Gasteiger partial charge in [-0.15, -0.1) is 11.3 Å². The van der Waals surface area contributed by atoms with E-state index in [9.17, 15) is 4.79 Å². The Bertz CT molecular complexity index is 687. The van der Waals surface area contributed by atoms with Crippen molar-refractivity contribution in [1.29, 1.82) is 0 Å². The van der Waals surface area contributed by atoms with Crippen molar-refractivity contribution in [2.45, 2.75) is 45.5 Å².